The Bertz CT molecular complexity index is 347. The number of ether oxygens (including phenoxy) is 2. The number of nitrogens with one attached hydrogen (secondary N) is 1. The molecule has 1 unspecified atom stereocenters. The predicted octanol–water partition coefficient (Wildman–Crippen LogP) is 1.51. The van der Waals surface area contributed by atoms with Gasteiger partial charge in [-0.1, -0.05) is 0 Å². The van der Waals surface area contributed by atoms with Crippen LogP contribution in [0.5, 0.6) is 5.75 Å². The summed E-state index contributed by atoms with van der Waals surface area (Å²) in [5, 5.41) is 3.47. The van der Waals surface area contributed by atoms with Gasteiger partial charge in [-0.15, -0.1) is 0 Å². The van der Waals surface area contributed by atoms with Crippen LogP contribution in [0.15, 0.2) is 24.3 Å². The average molecular weight is 250 g/mol. The van der Waals surface area contributed by atoms with Crippen LogP contribution in [0.4, 0.5) is 5.69 Å². The van der Waals surface area contributed by atoms with E-state index in [1.165, 1.54) is 5.69 Å². The van der Waals surface area contributed by atoms with Crippen LogP contribution in [0.1, 0.15) is 6.42 Å². The van der Waals surface area contributed by atoms with Crippen molar-refractivity contribution in [3.63, 3.8) is 0 Å². The summed E-state index contributed by atoms with van der Waals surface area (Å²) in [5.74, 6) is 0.898. The first-order chi connectivity index (χ1) is 8.79. The Morgan fingerprint density at radius 2 is 2.17 bits per heavy atom. The van der Waals surface area contributed by atoms with Crippen molar-refractivity contribution < 1.29 is 9.47 Å². The summed E-state index contributed by atoms with van der Waals surface area (Å²) in [6.45, 7) is 3.66. The van der Waals surface area contributed by atoms with E-state index in [0.717, 1.165) is 38.5 Å². The highest BCUT2D eigenvalue weighted by Gasteiger charge is 2.13. The SMILES string of the molecule is COc1ccc(N(C)CCC2COCCN2)cc1. The zero-order valence-corrected chi connectivity index (χ0v) is 11.2. The zero-order valence-electron chi connectivity index (χ0n) is 11.2. The standard InChI is InChI=1S/C14H22N2O2/c1-16(9-7-12-11-18-10-8-15-12)13-3-5-14(17-2)6-4-13/h3-6,12,15H,7-11H2,1-2H3. The van der Waals surface area contributed by atoms with Crippen LogP contribution in [0.25, 0.3) is 0 Å². The molecule has 1 aromatic rings. The van der Waals surface area contributed by atoms with Crippen molar-refractivity contribution >= 4 is 5.69 Å². The Balaban J connectivity index is 1.80. The van der Waals surface area contributed by atoms with E-state index in [4.69, 9.17) is 9.47 Å². The molecule has 1 aromatic carbocycles. The first-order valence-corrected chi connectivity index (χ1v) is 6.46. The van der Waals surface area contributed by atoms with Crippen LogP contribution in [-0.2, 0) is 4.74 Å². The van der Waals surface area contributed by atoms with Gasteiger partial charge in [0.25, 0.3) is 0 Å². The summed E-state index contributed by atoms with van der Waals surface area (Å²) in [5.41, 5.74) is 1.22. The average Bonchev–Trinajstić information content (AvgIpc) is 2.46. The molecule has 4 nitrogen and oxygen atoms in total. The molecule has 1 heterocycles. The molecular weight excluding hydrogens is 228 g/mol. The smallest absolute Gasteiger partial charge is 0.119 e. The normalized spacial score (nSPS) is 19.6. The van der Waals surface area contributed by atoms with Gasteiger partial charge in [0.2, 0.25) is 0 Å². The number of hydrogen-bond acceptors (Lipinski definition) is 4. The van der Waals surface area contributed by atoms with Gasteiger partial charge >= 0.3 is 0 Å². The van der Waals surface area contributed by atoms with Crippen molar-refractivity contribution in [3.8, 4) is 5.75 Å². The molecule has 18 heavy (non-hydrogen) atoms. The third kappa shape index (κ3) is 3.62. The van der Waals surface area contributed by atoms with Crippen LogP contribution in [0, 0.1) is 0 Å². The summed E-state index contributed by atoms with van der Waals surface area (Å²) >= 11 is 0. The van der Waals surface area contributed by atoms with Gasteiger partial charge in [0, 0.05) is 31.9 Å². The van der Waals surface area contributed by atoms with E-state index in [1.54, 1.807) is 7.11 Å². The molecule has 0 aromatic heterocycles. The van der Waals surface area contributed by atoms with Crippen LogP contribution in [0.3, 0.4) is 0 Å². The second-order valence-electron chi connectivity index (χ2n) is 4.63. The van der Waals surface area contributed by atoms with Crippen molar-refractivity contribution in [2.24, 2.45) is 0 Å². The topological polar surface area (TPSA) is 33.7 Å². The maximum Gasteiger partial charge on any atom is 0.119 e. The van der Waals surface area contributed by atoms with E-state index in [1.807, 2.05) is 12.1 Å². The monoisotopic (exact) mass is 250 g/mol. The molecule has 0 aliphatic carbocycles. The first-order valence-electron chi connectivity index (χ1n) is 6.46. The molecule has 1 N–H and O–H groups in total. The van der Waals surface area contributed by atoms with Crippen molar-refractivity contribution in [2.45, 2.75) is 12.5 Å². The van der Waals surface area contributed by atoms with E-state index < -0.39 is 0 Å². The second-order valence-corrected chi connectivity index (χ2v) is 4.63. The van der Waals surface area contributed by atoms with Gasteiger partial charge in [0.15, 0.2) is 0 Å². The van der Waals surface area contributed by atoms with Crippen molar-refractivity contribution in [1.82, 2.24) is 5.32 Å². The van der Waals surface area contributed by atoms with E-state index in [0.29, 0.717) is 6.04 Å². The summed E-state index contributed by atoms with van der Waals surface area (Å²) < 4.78 is 10.6. The van der Waals surface area contributed by atoms with Gasteiger partial charge in [-0.25, -0.2) is 0 Å². The highest BCUT2D eigenvalue weighted by Crippen LogP contribution is 2.18. The molecule has 1 atom stereocenters. The van der Waals surface area contributed by atoms with Gasteiger partial charge in [-0.2, -0.15) is 0 Å². The van der Waals surface area contributed by atoms with Gasteiger partial charge in [0.1, 0.15) is 5.75 Å². The zero-order chi connectivity index (χ0) is 12.8. The van der Waals surface area contributed by atoms with E-state index in [-0.39, 0.29) is 0 Å². The van der Waals surface area contributed by atoms with Crippen molar-refractivity contribution in [2.75, 3.05) is 45.4 Å². The van der Waals surface area contributed by atoms with Crippen LogP contribution in [-0.4, -0.2) is 46.5 Å². The van der Waals surface area contributed by atoms with Crippen LogP contribution >= 0.6 is 0 Å². The lowest BCUT2D eigenvalue weighted by molar-refractivity contribution is 0.0749. The minimum atomic E-state index is 0.486. The van der Waals surface area contributed by atoms with Gasteiger partial charge in [-0.05, 0) is 30.7 Å². The summed E-state index contributed by atoms with van der Waals surface area (Å²) in [6.07, 6.45) is 1.10. The molecule has 2 rings (SSSR count). The maximum absolute atomic E-state index is 5.45. The highest BCUT2D eigenvalue weighted by atomic mass is 16.5. The highest BCUT2D eigenvalue weighted by molar-refractivity contribution is 5.48. The fourth-order valence-electron chi connectivity index (χ4n) is 2.12. The maximum atomic E-state index is 5.45. The number of anilines is 1. The number of morpholine rings is 1. The minimum Gasteiger partial charge on any atom is -0.497 e. The third-order valence-corrected chi connectivity index (χ3v) is 3.32. The lowest BCUT2D eigenvalue weighted by Gasteiger charge is -2.27. The molecular formula is C14H22N2O2. The Kier molecular flexibility index (Phi) is 4.84. The molecule has 1 aliphatic heterocycles. The molecule has 0 bridgehead atoms. The van der Waals surface area contributed by atoms with E-state index in [9.17, 15) is 0 Å². The Labute approximate surface area is 109 Å². The molecule has 1 aliphatic rings. The van der Waals surface area contributed by atoms with Gasteiger partial charge in [-0.3, -0.25) is 0 Å². The lowest BCUT2D eigenvalue weighted by atomic mass is 10.2. The van der Waals surface area contributed by atoms with Crippen LogP contribution < -0.4 is 15.0 Å². The van der Waals surface area contributed by atoms with Gasteiger partial charge < -0.3 is 19.7 Å². The predicted molar refractivity (Wildman–Crippen MR) is 73.5 cm³/mol. The number of methoxy groups -OCH3 is 1. The van der Waals surface area contributed by atoms with E-state index >= 15 is 0 Å². The number of nitrogens with zero attached hydrogens (tertiary/aromatic N) is 1. The minimum absolute atomic E-state index is 0.486. The molecule has 100 valence electrons. The summed E-state index contributed by atoms with van der Waals surface area (Å²) in [7, 11) is 3.80. The largest absolute Gasteiger partial charge is 0.497 e. The van der Waals surface area contributed by atoms with Crippen molar-refractivity contribution in [1.29, 1.82) is 0 Å². The molecule has 0 radical (unpaired) electrons. The number of benzene rings is 1. The van der Waals surface area contributed by atoms with Crippen molar-refractivity contribution in [3.05, 3.63) is 24.3 Å². The molecule has 0 amide bonds. The van der Waals surface area contributed by atoms with Gasteiger partial charge in [0.05, 0.1) is 20.3 Å². The molecule has 1 saturated heterocycles. The fourth-order valence-corrected chi connectivity index (χ4v) is 2.12. The quantitative estimate of drug-likeness (QED) is 0.859. The lowest BCUT2D eigenvalue weighted by Crippen LogP contribution is -2.42. The molecule has 1 fully saturated rings. The van der Waals surface area contributed by atoms with E-state index in [2.05, 4.69) is 29.4 Å². The fraction of sp³-hybridized carbons (Fsp3) is 0.571. The Hall–Kier alpha value is -1.26. The number of hydrogen-bond donors (Lipinski definition) is 1. The Morgan fingerprint density at radius 1 is 1.39 bits per heavy atom. The number of rotatable bonds is 5. The third-order valence-electron chi connectivity index (χ3n) is 3.32. The molecule has 0 spiro atoms. The second kappa shape index (κ2) is 6.61. The summed E-state index contributed by atoms with van der Waals surface area (Å²) in [6, 6.07) is 8.65. The molecule has 0 saturated carbocycles. The molecule has 4 heteroatoms. The summed E-state index contributed by atoms with van der Waals surface area (Å²) in [4.78, 5) is 2.26. The van der Waals surface area contributed by atoms with Crippen LogP contribution in [0.2, 0.25) is 0 Å². The first kappa shape index (κ1) is 13.2. The Morgan fingerprint density at radius 3 is 2.78 bits per heavy atom.